The van der Waals surface area contributed by atoms with Crippen molar-refractivity contribution in [3.63, 3.8) is 0 Å². The van der Waals surface area contributed by atoms with Gasteiger partial charge in [0.05, 0.1) is 29.6 Å². The molecule has 3 rings (SSSR count). The first kappa shape index (κ1) is 19.0. The third kappa shape index (κ3) is 3.67. The summed E-state index contributed by atoms with van der Waals surface area (Å²) in [6, 6.07) is 1.85. The van der Waals surface area contributed by atoms with Crippen molar-refractivity contribution in [2.24, 2.45) is 5.73 Å². The molecule has 0 aliphatic carbocycles. The molecule has 0 spiro atoms. The Balaban J connectivity index is 2.01. The summed E-state index contributed by atoms with van der Waals surface area (Å²) in [4.78, 5) is 15.8. The van der Waals surface area contributed by atoms with Gasteiger partial charge in [0.15, 0.2) is 5.82 Å². The van der Waals surface area contributed by atoms with Crippen molar-refractivity contribution >= 4 is 21.7 Å². The number of hydrogen-bond acceptors (Lipinski definition) is 7. The molecule has 0 amide bonds. The van der Waals surface area contributed by atoms with E-state index in [0.29, 0.717) is 21.7 Å². The fourth-order valence-corrected chi connectivity index (χ4v) is 3.72. The monoisotopic (exact) mass is 421 g/mol. The molecule has 1 saturated heterocycles. The molecule has 1 aliphatic heterocycles. The predicted molar refractivity (Wildman–Crippen MR) is 104 cm³/mol. The number of nitrogens with two attached hydrogens (primary N) is 1. The minimum Gasteiger partial charge on any atom is -0.480 e. The summed E-state index contributed by atoms with van der Waals surface area (Å²) in [7, 11) is 1.57. The van der Waals surface area contributed by atoms with Crippen LogP contribution in [0.4, 0.5) is 5.82 Å². The van der Waals surface area contributed by atoms with Crippen LogP contribution in [0.2, 0.25) is 0 Å². The lowest BCUT2D eigenvalue weighted by atomic mass is 9.91. The highest BCUT2D eigenvalue weighted by Gasteiger charge is 2.28. The summed E-state index contributed by atoms with van der Waals surface area (Å²) in [5.74, 6) is 1.22. The lowest BCUT2D eigenvalue weighted by Gasteiger charge is -2.38. The lowest BCUT2D eigenvalue weighted by molar-refractivity contribution is 0.275. The zero-order valence-electron chi connectivity index (χ0n) is 15.3. The molecule has 3 N–H and O–H groups in total. The van der Waals surface area contributed by atoms with Crippen LogP contribution in [0.1, 0.15) is 31.2 Å². The Labute approximate surface area is 161 Å². The van der Waals surface area contributed by atoms with Crippen molar-refractivity contribution in [2.45, 2.75) is 38.8 Å². The molecule has 2 aromatic rings. The quantitative estimate of drug-likeness (QED) is 0.781. The molecule has 3 heterocycles. The second-order valence-corrected chi connectivity index (χ2v) is 7.70. The highest BCUT2D eigenvalue weighted by atomic mass is 79.9. The highest BCUT2D eigenvalue weighted by Crippen LogP contribution is 2.35. The summed E-state index contributed by atoms with van der Waals surface area (Å²) in [6.07, 6.45) is 3.43. The molecule has 1 aliphatic rings. The molecule has 2 aromatic heterocycles. The summed E-state index contributed by atoms with van der Waals surface area (Å²) in [5, 5.41) is 9.88. The first-order valence-electron chi connectivity index (χ1n) is 8.57. The van der Waals surface area contributed by atoms with Gasteiger partial charge in [0.25, 0.3) is 0 Å². The largest absolute Gasteiger partial charge is 0.480 e. The summed E-state index contributed by atoms with van der Waals surface area (Å²) in [6.45, 7) is 5.43. The molecule has 8 heteroatoms. The molecule has 0 bridgehead atoms. The maximum atomic E-state index is 9.88. The number of piperidine rings is 1. The molecule has 1 fully saturated rings. The smallest absolute Gasteiger partial charge is 0.228 e. The highest BCUT2D eigenvalue weighted by molar-refractivity contribution is 9.10. The molecule has 0 unspecified atom stereocenters. The van der Waals surface area contributed by atoms with Gasteiger partial charge in [-0.05, 0) is 48.7 Å². The van der Waals surface area contributed by atoms with Gasteiger partial charge in [-0.25, -0.2) is 15.0 Å². The summed E-state index contributed by atoms with van der Waals surface area (Å²) >= 11 is 3.52. The van der Waals surface area contributed by atoms with Gasteiger partial charge in [0.1, 0.15) is 5.69 Å². The number of ether oxygens (including phenoxy) is 1. The van der Waals surface area contributed by atoms with Crippen LogP contribution in [0.3, 0.4) is 0 Å². The van der Waals surface area contributed by atoms with Crippen LogP contribution in [0.25, 0.3) is 11.3 Å². The Morgan fingerprint density at radius 2 is 2.04 bits per heavy atom. The Morgan fingerprint density at radius 3 is 2.65 bits per heavy atom. The third-order valence-electron chi connectivity index (χ3n) is 4.78. The van der Waals surface area contributed by atoms with Crippen molar-refractivity contribution in [2.75, 3.05) is 25.1 Å². The van der Waals surface area contributed by atoms with Crippen molar-refractivity contribution in [3.8, 4) is 17.1 Å². The molecular formula is C18H24BrN5O2. The number of pyridine rings is 1. The second kappa shape index (κ2) is 7.46. The molecule has 140 valence electrons. The van der Waals surface area contributed by atoms with Crippen LogP contribution in [0.5, 0.6) is 5.88 Å². The lowest BCUT2D eigenvalue weighted by Crippen LogP contribution is -2.48. The van der Waals surface area contributed by atoms with E-state index in [-0.39, 0.29) is 12.1 Å². The van der Waals surface area contributed by atoms with E-state index in [9.17, 15) is 5.11 Å². The van der Waals surface area contributed by atoms with Gasteiger partial charge in [-0.3, -0.25) is 0 Å². The SMILES string of the molecule is COc1nccc(-c2nc(CO)c(N3CCC(C)(N)CC3)nc2C)c1Br. The van der Waals surface area contributed by atoms with Crippen LogP contribution in [0, 0.1) is 6.92 Å². The number of aryl methyl sites for hydroxylation is 1. The zero-order chi connectivity index (χ0) is 18.9. The van der Waals surface area contributed by atoms with E-state index < -0.39 is 0 Å². The van der Waals surface area contributed by atoms with E-state index in [1.165, 1.54) is 0 Å². The molecule has 0 atom stereocenters. The molecule has 7 nitrogen and oxygen atoms in total. The van der Waals surface area contributed by atoms with Gasteiger partial charge >= 0.3 is 0 Å². The van der Waals surface area contributed by atoms with Crippen LogP contribution in [-0.4, -0.2) is 45.8 Å². The first-order chi connectivity index (χ1) is 12.4. The number of halogens is 1. The van der Waals surface area contributed by atoms with Crippen LogP contribution in [-0.2, 0) is 6.61 Å². The number of hydrogen-bond donors (Lipinski definition) is 2. The van der Waals surface area contributed by atoms with Crippen molar-refractivity contribution in [3.05, 3.63) is 28.1 Å². The van der Waals surface area contributed by atoms with E-state index >= 15 is 0 Å². The minimum absolute atomic E-state index is 0.142. The number of methoxy groups -OCH3 is 1. The minimum atomic E-state index is -0.175. The molecular weight excluding hydrogens is 398 g/mol. The predicted octanol–water partition coefficient (Wildman–Crippen LogP) is 2.43. The van der Waals surface area contributed by atoms with Gasteiger partial charge in [0, 0.05) is 30.4 Å². The third-order valence-corrected chi connectivity index (χ3v) is 5.55. The fourth-order valence-electron chi connectivity index (χ4n) is 3.14. The van der Waals surface area contributed by atoms with E-state index in [2.05, 4.69) is 32.7 Å². The molecule has 0 radical (unpaired) electrons. The number of aromatic nitrogens is 3. The van der Waals surface area contributed by atoms with Crippen molar-refractivity contribution in [1.29, 1.82) is 0 Å². The van der Waals surface area contributed by atoms with E-state index in [1.807, 2.05) is 13.0 Å². The number of rotatable bonds is 4. The first-order valence-corrected chi connectivity index (χ1v) is 9.36. The average molecular weight is 422 g/mol. The topological polar surface area (TPSA) is 97.4 Å². The van der Waals surface area contributed by atoms with Crippen LogP contribution in [0.15, 0.2) is 16.7 Å². The Morgan fingerprint density at radius 1 is 1.35 bits per heavy atom. The Kier molecular flexibility index (Phi) is 5.45. The molecule has 26 heavy (non-hydrogen) atoms. The Bertz CT molecular complexity index is 802. The Hall–Kier alpha value is -1.77. The maximum absolute atomic E-state index is 9.88. The van der Waals surface area contributed by atoms with Gasteiger partial charge in [-0.2, -0.15) is 0 Å². The molecule has 0 saturated carbocycles. The number of nitrogens with zero attached hydrogens (tertiary/aromatic N) is 4. The van der Waals surface area contributed by atoms with Crippen LogP contribution >= 0.6 is 15.9 Å². The van der Waals surface area contributed by atoms with Crippen molar-refractivity contribution in [1.82, 2.24) is 15.0 Å². The van der Waals surface area contributed by atoms with Gasteiger partial charge in [-0.15, -0.1) is 0 Å². The standard InChI is InChI=1S/C18H24BrN5O2/c1-11-15(12-4-7-21-17(26-3)14(12)19)23-13(10-25)16(22-11)24-8-5-18(2,20)6-9-24/h4,7,25H,5-6,8-10,20H2,1-3H3. The van der Waals surface area contributed by atoms with E-state index in [0.717, 1.165) is 43.0 Å². The number of aliphatic hydroxyl groups excluding tert-OH is 1. The van der Waals surface area contributed by atoms with Crippen LogP contribution < -0.4 is 15.4 Å². The normalized spacial score (nSPS) is 16.6. The zero-order valence-corrected chi connectivity index (χ0v) is 16.9. The van der Waals surface area contributed by atoms with E-state index in [1.54, 1.807) is 13.3 Å². The summed E-state index contributed by atoms with van der Waals surface area (Å²) < 4.78 is 5.98. The summed E-state index contributed by atoms with van der Waals surface area (Å²) in [5.41, 5.74) is 8.96. The number of anilines is 1. The number of aliphatic hydroxyl groups is 1. The van der Waals surface area contributed by atoms with Gasteiger partial charge in [-0.1, -0.05) is 0 Å². The van der Waals surface area contributed by atoms with E-state index in [4.69, 9.17) is 20.4 Å². The van der Waals surface area contributed by atoms with Crippen molar-refractivity contribution < 1.29 is 9.84 Å². The fraction of sp³-hybridized carbons (Fsp3) is 0.500. The molecule has 0 aromatic carbocycles. The second-order valence-electron chi connectivity index (χ2n) is 6.91. The average Bonchev–Trinajstić information content (AvgIpc) is 2.62. The maximum Gasteiger partial charge on any atom is 0.228 e. The van der Waals surface area contributed by atoms with Gasteiger partial charge < -0.3 is 20.5 Å². The van der Waals surface area contributed by atoms with Gasteiger partial charge in [0.2, 0.25) is 5.88 Å².